The van der Waals surface area contributed by atoms with E-state index in [1.165, 1.54) is 4.88 Å². The van der Waals surface area contributed by atoms with Crippen LogP contribution in [0.1, 0.15) is 52.6 Å². The van der Waals surface area contributed by atoms with E-state index in [0.29, 0.717) is 17.3 Å². The van der Waals surface area contributed by atoms with Gasteiger partial charge in [0.15, 0.2) is 5.82 Å². The highest BCUT2D eigenvalue weighted by molar-refractivity contribution is 7.15. The number of hydrogen-bond donors (Lipinski definition) is 1. The number of hydrogen-bond acceptors (Lipinski definition) is 5. The summed E-state index contributed by atoms with van der Waals surface area (Å²) in [6.45, 7) is 7.90. The average molecular weight is 429 g/mol. The number of halogens is 1. The van der Waals surface area contributed by atoms with Gasteiger partial charge in [-0.25, -0.2) is 0 Å². The van der Waals surface area contributed by atoms with E-state index < -0.39 is 17.9 Å². The van der Waals surface area contributed by atoms with Crippen molar-refractivity contribution in [2.24, 2.45) is 10.9 Å². The van der Waals surface area contributed by atoms with Crippen LogP contribution >= 0.6 is 22.9 Å². The van der Waals surface area contributed by atoms with E-state index in [4.69, 9.17) is 16.6 Å². The van der Waals surface area contributed by atoms with Gasteiger partial charge in [0, 0.05) is 21.0 Å². The quantitative estimate of drug-likeness (QED) is 0.640. The zero-order valence-electron chi connectivity index (χ0n) is 16.6. The van der Waals surface area contributed by atoms with E-state index in [-0.39, 0.29) is 0 Å². The summed E-state index contributed by atoms with van der Waals surface area (Å²) in [7, 11) is 0. The third-order valence-corrected chi connectivity index (χ3v) is 6.89. The van der Waals surface area contributed by atoms with Crippen molar-refractivity contribution in [1.82, 2.24) is 14.8 Å². The number of carbonyl (C=O) groups is 1. The highest BCUT2D eigenvalue weighted by Gasteiger charge is 2.37. The first-order valence-electron chi connectivity index (χ1n) is 9.42. The van der Waals surface area contributed by atoms with Gasteiger partial charge in [-0.05, 0) is 44.9 Å². The minimum atomic E-state index is -0.887. The Hall–Kier alpha value is -2.51. The number of thiophene rings is 1. The molecule has 0 fully saturated rings. The Bertz CT molecular complexity index is 1130. The van der Waals surface area contributed by atoms with Crippen molar-refractivity contribution in [3.05, 3.63) is 62.5 Å². The average Bonchev–Trinajstić information content (AvgIpc) is 3.14. The molecule has 0 bridgehead atoms. The molecule has 2 aromatic heterocycles. The molecule has 1 aliphatic heterocycles. The van der Waals surface area contributed by atoms with Crippen LogP contribution in [-0.2, 0) is 4.79 Å². The van der Waals surface area contributed by atoms with Gasteiger partial charge in [0.1, 0.15) is 16.9 Å². The van der Waals surface area contributed by atoms with Crippen molar-refractivity contribution >= 4 is 34.6 Å². The SMILES string of the molecule is CC[C@@H](C(=O)O)C1N=C(c2ccc(Cl)cc2)c2c(sc(C)c2C)-n2c(C)nnc21. The lowest BCUT2D eigenvalue weighted by Gasteiger charge is -2.18. The molecule has 0 amide bonds. The second-order valence-electron chi connectivity index (χ2n) is 7.19. The molecule has 0 saturated carbocycles. The van der Waals surface area contributed by atoms with Gasteiger partial charge >= 0.3 is 5.97 Å². The minimum Gasteiger partial charge on any atom is -0.481 e. The van der Waals surface area contributed by atoms with E-state index in [0.717, 1.165) is 33.2 Å². The number of aryl methyl sites for hydroxylation is 2. The zero-order chi connectivity index (χ0) is 20.9. The van der Waals surface area contributed by atoms with Crippen LogP contribution in [0.2, 0.25) is 5.02 Å². The van der Waals surface area contributed by atoms with Gasteiger partial charge in [-0.15, -0.1) is 21.5 Å². The summed E-state index contributed by atoms with van der Waals surface area (Å²) in [6, 6.07) is 6.87. The molecule has 2 atom stereocenters. The number of rotatable bonds is 4. The van der Waals surface area contributed by atoms with Crippen LogP contribution < -0.4 is 0 Å². The summed E-state index contributed by atoms with van der Waals surface area (Å²) in [5.41, 5.74) is 3.80. The molecule has 0 radical (unpaired) electrons. The van der Waals surface area contributed by atoms with E-state index in [9.17, 15) is 9.90 Å². The first kappa shape index (κ1) is 19.8. The molecular formula is C21H21ClN4O2S. The van der Waals surface area contributed by atoms with Crippen molar-refractivity contribution in [2.45, 2.75) is 40.2 Å². The predicted molar refractivity (Wildman–Crippen MR) is 115 cm³/mol. The van der Waals surface area contributed by atoms with Gasteiger partial charge in [-0.1, -0.05) is 30.7 Å². The summed E-state index contributed by atoms with van der Waals surface area (Å²) in [4.78, 5) is 18.2. The van der Waals surface area contributed by atoms with Crippen molar-refractivity contribution in [3.63, 3.8) is 0 Å². The molecule has 3 heterocycles. The second kappa shape index (κ2) is 7.39. The fourth-order valence-corrected chi connectivity index (χ4v) is 5.10. The third kappa shape index (κ3) is 3.18. The number of carboxylic acid groups (broad SMARTS) is 1. The summed E-state index contributed by atoms with van der Waals surface area (Å²) in [5.74, 6) is -0.291. The molecule has 6 nitrogen and oxygen atoms in total. The van der Waals surface area contributed by atoms with Gasteiger partial charge < -0.3 is 5.11 Å². The van der Waals surface area contributed by atoms with Gasteiger partial charge in [0.25, 0.3) is 0 Å². The molecule has 150 valence electrons. The molecule has 8 heteroatoms. The van der Waals surface area contributed by atoms with Crippen LogP contribution in [0.4, 0.5) is 0 Å². The first-order valence-corrected chi connectivity index (χ1v) is 10.6. The Balaban J connectivity index is 2.07. The molecule has 1 N–H and O–H groups in total. The Morgan fingerprint density at radius 3 is 2.55 bits per heavy atom. The van der Waals surface area contributed by atoms with E-state index in [1.54, 1.807) is 11.3 Å². The number of nitrogens with zero attached hydrogens (tertiary/aromatic N) is 4. The highest BCUT2D eigenvalue weighted by atomic mass is 35.5. The monoisotopic (exact) mass is 428 g/mol. The largest absolute Gasteiger partial charge is 0.481 e. The van der Waals surface area contributed by atoms with Crippen molar-refractivity contribution in [3.8, 4) is 5.00 Å². The van der Waals surface area contributed by atoms with Crippen molar-refractivity contribution in [1.29, 1.82) is 0 Å². The van der Waals surface area contributed by atoms with Crippen LogP contribution in [-0.4, -0.2) is 31.6 Å². The molecule has 0 spiro atoms. The Labute approximate surface area is 177 Å². The maximum Gasteiger partial charge on any atom is 0.309 e. The summed E-state index contributed by atoms with van der Waals surface area (Å²) < 4.78 is 1.97. The Morgan fingerprint density at radius 2 is 1.93 bits per heavy atom. The number of aromatic nitrogens is 3. The van der Waals surface area contributed by atoms with Crippen LogP contribution in [0.3, 0.4) is 0 Å². The number of fused-ring (bicyclic) bond motifs is 3. The number of benzene rings is 1. The lowest BCUT2D eigenvalue weighted by molar-refractivity contribution is -0.142. The van der Waals surface area contributed by atoms with E-state index >= 15 is 0 Å². The van der Waals surface area contributed by atoms with Crippen LogP contribution in [0, 0.1) is 26.7 Å². The summed E-state index contributed by atoms with van der Waals surface area (Å²) >= 11 is 7.75. The molecule has 29 heavy (non-hydrogen) atoms. The molecule has 1 aromatic carbocycles. The maximum atomic E-state index is 12.0. The number of aliphatic carboxylic acids is 1. The van der Waals surface area contributed by atoms with Gasteiger partial charge in [0.2, 0.25) is 0 Å². The lowest BCUT2D eigenvalue weighted by atomic mass is 9.95. The topological polar surface area (TPSA) is 80.4 Å². The molecule has 0 saturated heterocycles. The standard InChI is InChI=1S/C21H21ClN4O2S/c1-5-15(21(27)28)18-19-25-24-12(4)26(19)20-16(10(2)11(3)29-20)17(23-18)13-6-8-14(22)9-7-13/h6-9,15,18H,5H2,1-4H3,(H,27,28)/t15-,18?/m1/s1. The molecule has 0 aliphatic carbocycles. The highest BCUT2D eigenvalue weighted by Crippen LogP contribution is 2.41. The van der Waals surface area contributed by atoms with Gasteiger partial charge in [-0.2, -0.15) is 0 Å². The minimum absolute atomic E-state index is 0.439. The maximum absolute atomic E-state index is 12.0. The second-order valence-corrected chi connectivity index (χ2v) is 8.83. The summed E-state index contributed by atoms with van der Waals surface area (Å²) in [5, 5.41) is 20.1. The van der Waals surface area contributed by atoms with Gasteiger partial charge in [0.05, 0.1) is 11.6 Å². The normalized spacial score (nSPS) is 16.6. The lowest BCUT2D eigenvalue weighted by Crippen LogP contribution is -2.23. The Kier molecular flexibility index (Phi) is 5.04. The molecule has 3 aromatic rings. The van der Waals surface area contributed by atoms with Crippen molar-refractivity contribution < 1.29 is 9.90 Å². The van der Waals surface area contributed by atoms with Crippen LogP contribution in [0.15, 0.2) is 29.3 Å². The van der Waals surface area contributed by atoms with E-state index in [1.807, 2.05) is 42.7 Å². The predicted octanol–water partition coefficient (Wildman–Crippen LogP) is 4.91. The number of aliphatic imine (C=N–C) groups is 1. The molecule has 4 rings (SSSR count). The molecule has 1 aliphatic rings. The first-order chi connectivity index (χ1) is 13.8. The fraction of sp³-hybridized carbons (Fsp3) is 0.333. The van der Waals surface area contributed by atoms with Crippen LogP contribution in [0.25, 0.3) is 5.00 Å². The molecular weight excluding hydrogens is 408 g/mol. The Morgan fingerprint density at radius 1 is 1.24 bits per heavy atom. The van der Waals surface area contributed by atoms with Crippen LogP contribution in [0.5, 0.6) is 0 Å². The fourth-order valence-electron chi connectivity index (χ4n) is 3.76. The summed E-state index contributed by atoms with van der Waals surface area (Å²) in [6.07, 6.45) is 0.439. The van der Waals surface area contributed by atoms with E-state index in [2.05, 4.69) is 24.0 Å². The van der Waals surface area contributed by atoms with Crippen molar-refractivity contribution in [2.75, 3.05) is 0 Å². The zero-order valence-corrected chi connectivity index (χ0v) is 18.2. The smallest absolute Gasteiger partial charge is 0.309 e. The number of carboxylic acids is 1. The third-order valence-electron chi connectivity index (χ3n) is 5.45. The molecule has 1 unspecified atom stereocenters. The van der Waals surface area contributed by atoms with Gasteiger partial charge in [-0.3, -0.25) is 14.4 Å².